The van der Waals surface area contributed by atoms with Crippen molar-refractivity contribution in [3.8, 4) is 10.4 Å². The first-order valence-electron chi connectivity index (χ1n) is 9.66. The van der Waals surface area contributed by atoms with Gasteiger partial charge in [-0.1, -0.05) is 30.3 Å². The molecule has 7 heteroatoms. The third-order valence-electron chi connectivity index (χ3n) is 5.16. The van der Waals surface area contributed by atoms with E-state index in [1.807, 2.05) is 12.3 Å². The maximum atomic E-state index is 5.43. The Balaban J connectivity index is 1.48. The van der Waals surface area contributed by atoms with E-state index in [0.29, 0.717) is 0 Å². The Labute approximate surface area is 167 Å². The summed E-state index contributed by atoms with van der Waals surface area (Å²) in [7, 11) is 0. The monoisotopic (exact) mass is 393 g/mol. The van der Waals surface area contributed by atoms with Gasteiger partial charge < -0.3 is 10.1 Å². The summed E-state index contributed by atoms with van der Waals surface area (Å²) in [5.41, 5.74) is 4.25. The lowest BCUT2D eigenvalue weighted by molar-refractivity contribution is 0.0398. The van der Waals surface area contributed by atoms with Crippen LogP contribution in [-0.2, 0) is 4.74 Å². The highest BCUT2D eigenvalue weighted by atomic mass is 32.1. The highest BCUT2D eigenvalue weighted by Gasteiger charge is 2.16. The molecule has 0 unspecified atom stereocenters. The minimum Gasteiger partial charge on any atom is -0.379 e. The fraction of sp³-hybridized carbons (Fsp3) is 0.333. The average molecular weight is 394 g/mol. The van der Waals surface area contributed by atoms with Gasteiger partial charge in [0.05, 0.1) is 13.2 Å². The van der Waals surface area contributed by atoms with E-state index in [-0.39, 0.29) is 0 Å². The summed E-state index contributed by atoms with van der Waals surface area (Å²) in [6, 6.07) is 12.7. The predicted octanol–water partition coefficient (Wildman–Crippen LogP) is 3.66. The van der Waals surface area contributed by atoms with Crippen LogP contribution in [0.25, 0.3) is 26.4 Å². The Bertz CT molecular complexity index is 1100. The molecule has 1 saturated heterocycles. The smallest absolute Gasteiger partial charge is 0.181 e. The average Bonchev–Trinajstić information content (AvgIpc) is 3.33. The molecule has 0 atom stereocenters. The van der Waals surface area contributed by atoms with E-state index in [1.54, 1.807) is 11.3 Å². The summed E-state index contributed by atoms with van der Waals surface area (Å²) in [5.74, 6) is 0.853. The molecule has 4 aromatic rings. The van der Waals surface area contributed by atoms with Gasteiger partial charge in [-0.05, 0) is 18.6 Å². The first kappa shape index (κ1) is 17.6. The van der Waals surface area contributed by atoms with Gasteiger partial charge in [0, 0.05) is 42.9 Å². The van der Waals surface area contributed by atoms with Crippen molar-refractivity contribution >= 4 is 33.1 Å². The van der Waals surface area contributed by atoms with Gasteiger partial charge in [-0.15, -0.1) is 11.3 Å². The van der Waals surface area contributed by atoms with Crippen molar-refractivity contribution in [2.75, 3.05) is 44.7 Å². The van der Waals surface area contributed by atoms with Crippen LogP contribution < -0.4 is 5.32 Å². The fourth-order valence-electron chi connectivity index (χ4n) is 3.66. The van der Waals surface area contributed by atoms with Gasteiger partial charge in [0.2, 0.25) is 0 Å². The number of nitrogens with zero attached hydrogens (tertiary/aromatic N) is 4. The summed E-state index contributed by atoms with van der Waals surface area (Å²) in [4.78, 5) is 14.3. The van der Waals surface area contributed by atoms with Crippen LogP contribution in [0.3, 0.4) is 0 Å². The van der Waals surface area contributed by atoms with Gasteiger partial charge in [-0.3, -0.25) is 9.30 Å². The Hall–Kier alpha value is -2.48. The number of aromatic nitrogens is 3. The van der Waals surface area contributed by atoms with E-state index in [4.69, 9.17) is 9.72 Å². The van der Waals surface area contributed by atoms with Crippen molar-refractivity contribution in [2.45, 2.75) is 6.92 Å². The van der Waals surface area contributed by atoms with E-state index in [9.17, 15) is 0 Å². The Morgan fingerprint density at radius 2 is 2.00 bits per heavy atom. The molecule has 0 radical (unpaired) electrons. The van der Waals surface area contributed by atoms with Crippen molar-refractivity contribution in [2.24, 2.45) is 0 Å². The molecule has 3 aromatic heterocycles. The van der Waals surface area contributed by atoms with Crippen LogP contribution in [0.15, 0.2) is 42.6 Å². The maximum absolute atomic E-state index is 5.43. The minimum absolute atomic E-state index is 0.824. The number of hydrogen-bond acceptors (Lipinski definition) is 6. The molecule has 4 heterocycles. The largest absolute Gasteiger partial charge is 0.379 e. The highest BCUT2D eigenvalue weighted by molar-refractivity contribution is 7.21. The molecule has 1 aliphatic rings. The second-order valence-electron chi connectivity index (χ2n) is 7.07. The lowest BCUT2D eigenvalue weighted by atomic mass is 10.2. The van der Waals surface area contributed by atoms with Gasteiger partial charge in [-0.2, -0.15) is 0 Å². The summed E-state index contributed by atoms with van der Waals surface area (Å²) >= 11 is 1.76. The molecule has 0 saturated carbocycles. The molecular weight excluding hydrogens is 370 g/mol. The van der Waals surface area contributed by atoms with E-state index < -0.39 is 0 Å². The maximum Gasteiger partial charge on any atom is 0.181 e. The molecule has 144 valence electrons. The summed E-state index contributed by atoms with van der Waals surface area (Å²) in [6.07, 6.45) is 1.92. The first-order valence-corrected chi connectivity index (χ1v) is 10.5. The molecule has 28 heavy (non-hydrogen) atoms. The number of imidazole rings is 1. The SMILES string of the molecule is Cc1cnc2c(NCCN3CCOCC3)nc3cc(-c4ccccc4)sc3n12. The third-order valence-corrected chi connectivity index (χ3v) is 6.32. The third kappa shape index (κ3) is 3.26. The number of anilines is 1. The number of morpholine rings is 1. The van der Waals surface area contributed by atoms with E-state index >= 15 is 0 Å². The zero-order chi connectivity index (χ0) is 18.9. The van der Waals surface area contributed by atoms with Gasteiger partial charge in [0.25, 0.3) is 0 Å². The van der Waals surface area contributed by atoms with Crippen LogP contribution in [0.4, 0.5) is 5.82 Å². The molecule has 6 nitrogen and oxygen atoms in total. The standard InChI is InChI=1S/C21H23N5OS/c1-15-14-23-20-19(22-7-8-25-9-11-27-12-10-25)24-17-13-18(28-21(17)26(15)20)16-5-3-2-4-6-16/h2-6,13-14H,7-12H2,1H3,(H,22,24). The second kappa shape index (κ2) is 7.50. The van der Waals surface area contributed by atoms with E-state index in [0.717, 1.165) is 66.9 Å². The molecule has 1 aliphatic heterocycles. The topological polar surface area (TPSA) is 54.7 Å². The van der Waals surface area contributed by atoms with Crippen LogP contribution in [-0.4, -0.2) is 58.7 Å². The molecule has 1 aromatic carbocycles. The number of ether oxygens (including phenoxy) is 1. The number of fused-ring (bicyclic) bond motifs is 3. The molecule has 5 rings (SSSR count). The fourth-order valence-corrected chi connectivity index (χ4v) is 4.83. The number of nitrogens with one attached hydrogen (secondary N) is 1. The van der Waals surface area contributed by atoms with Gasteiger partial charge in [0.15, 0.2) is 11.5 Å². The predicted molar refractivity (Wildman–Crippen MR) is 114 cm³/mol. The van der Waals surface area contributed by atoms with Gasteiger partial charge in [0.1, 0.15) is 10.3 Å². The van der Waals surface area contributed by atoms with Crippen LogP contribution in [0.1, 0.15) is 5.69 Å². The number of benzene rings is 1. The lowest BCUT2D eigenvalue weighted by Gasteiger charge is -2.26. The summed E-state index contributed by atoms with van der Waals surface area (Å²) in [5, 5.41) is 3.52. The molecular formula is C21H23N5OS. The number of aryl methyl sites for hydroxylation is 1. The molecule has 0 amide bonds. The normalized spacial score (nSPS) is 15.5. The summed E-state index contributed by atoms with van der Waals surface area (Å²) < 4.78 is 7.64. The first-order chi connectivity index (χ1) is 13.8. The van der Waals surface area contributed by atoms with Crippen LogP contribution in [0.5, 0.6) is 0 Å². The van der Waals surface area contributed by atoms with E-state index in [2.05, 4.69) is 56.9 Å². The van der Waals surface area contributed by atoms with Crippen molar-refractivity contribution in [3.63, 3.8) is 0 Å². The Kier molecular flexibility index (Phi) is 4.72. The number of rotatable bonds is 5. The number of thiophene rings is 1. The van der Waals surface area contributed by atoms with Crippen molar-refractivity contribution in [1.82, 2.24) is 19.3 Å². The molecule has 1 fully saturated rings. The zero-order valence-corrected chi connectivity index (χ0v) is 16.7. The second-order valence-corrected chi connectivity index (χ2v) is 8.10. The van der Waals surface area contributed by atoms with Crippen LogP contribution in [0.2, 0.25) is 0 Å². The molecule has 0 aliphatic carbocycles. The molecule has 0 bridgehead atoms. The van der Waals surface area contributed by atoms with Gasteiger partial charge >= 0.3 is 0 Å². The van der Waals surface area contributed by atoms with Crippen molar-refractivity contribution in [3.05, 3.63) is 48.3 Å². The van der Waals surface area contributed by atoms with Crippen LogP contribution >= 0.6 is 11.3 Å². The zero-order valence-electron chi connectivity index (χ0n) is 15.9. The molecule has 0 spiro atoms. The lowest BCUT2D eigenvalue weighted by Crippen LogP contribution is -2.39. The van der Waals surface area contributed by atoms with Crippen LogP contribution in [0, 0.1) is 6.92 Å². The van der Waals surface area contributed by atoms with Gasteiger partial charge in [-0.25, -0.2) is 9.97 Å². The molecule has 1 N–H and O–H groups in total. The van der Waals surface area contributed by atoms with Crippen molar-refractivity contribution in [1.29, 1.82) is 0 Å². The highest BCUT2D eigenvalue weighted by Crippen LogP contribution is 2.35. The number of hydrogen-bond donors (Lipinski definition) is 1. The Morgan fingerprint density at radius 1 is 1.18 bits per heavy atom. The quantitative estimate of drug-likeness (QED) is 0.561. The Morgan fingerprint density at radius 3 is 2.82 bits per heavy atom. The van der Waals surface area contributed by atoms with Crippen molar-refractivity contribution < 1.29 is 4.74 Å². The van der Waals surface area contributed by atoms with E-state index in [1.165, 1.54) is 10.4 Å². The summed E-state index contributed by atoms with van der Waals surface area (Å²) in [6.45, 7) is 7.56. The minimum atomic E-state index is 0.824.